The molecular weight excluding hydrogens is 220 g/mol. The summed E-state index contributed by atoms with van der Waals surface area (Å²) in [6.45, 7) is 5.81. The summed E-state index contributed by atoms with van der Waals surface area (Å²) in [4.78, 5) is 4.84. The highest BCUT2D eigenvalue weighted by atomic mass is 32.2. The third-order valence-corrected chi connectivity index (χ3v) is 3.91. The van der Waals surface area contributed by atoms with Gasteiger partial charge in [0.2, 0.25) is 0 Å². The molecule has 0 aliphatic heterocycles. The first-order chi connectivity index (χ1) is 7.56. The van der Waals surface area contributed by atoms with Crippen molar-refractivity contribution >= 4 is 10.8 Å². The maximum atomic E-state index is 11.9. The van der Waals surface area contributed by atoms with E-state index < -0.39 is 10.8 Å². The second kappa shape index (κ2) is 5.76. The van der Waals surface area contributed by atoms with Gasteiger partial charge in [-0.2, -0.15) is 5.26 Å². The molecule has 0 N–H and O–H groups in total. The average Bonchev–Trinajstić information content (AvgIpc) is 2.28. The minimum Gasteiger partial charge on any atom is -0.263 e. The first-order valence-corrected chi connectivity index (χ1v) is 6.50. The van der Waals surface area contributed by atoms with Crippen molar-refractivity contribution < 1.29 is 4.21 Å². The molecule has 3 nitrogen and oxygen atoms in total. The van der Waals surface area contributed by atoms with Gasteiger partial charge in [-0.1, -0.05) is 20.8 Å². The van der Waals surface area contributed by atoms with Gasteiger partial charge in [-0.05, 0) is 17.5 Å². The average molecular weight is 236 g/mol. The van der Waals surface area contributed by atoms with Gasteiger partial charge in [-0.25, -0.2) is 0 Å². The zero-order chi connectivity index (χ0) is 12.1. The Balaban J connectivity index is 2.96. The molecule has 0 spiro atoms. The lowest BCUT2D eigenvalue weighted by molar-refractivity contribution is 0.675. The number of nitrogens with zero attached hydrogens (tertiary/aromatic N) is 2. The Kier molecular flexibility index (Phi) is 4.63. The number of hydrogen-bond acceptors (Lipinski definition) is 3. The van der Waals surface area contributed by atoms with E-state index in [4.69, 9.17) is 5.26 Å². The summed E-state index contributed by atoms with van der Waals surface area (Å²) in [5.41, 5.74) is 0.980. The molecule has 2 atom stereocenters. The summed E-state index contributed by atoms with van der Waals surface area (Å²) in [6, 6.07) is 4.03. The maximum Gasteiger partial charge on any atom is 0.0628 e. The van der Waals surface area contributed by atoms with Crippen LogP contribution >= 0.6 is 0 Å². The van der Waals surface area contributed by atoms with Gasteiger partial charge >= 0.3 is 0 Å². The predicted octanol–water partition coefficient (Wildman–Crippen LogP) is 2.61. The lowest BCUT2D eigenvalue weighted by atomic mass is 10.0. The minimum atomic E-state index is -1.01. The summed E-state index contributed by atoms with van der Waals surface area (Å²) >= 11 is 0. The van der Waals surface area contributed by atoms with Crippen molar-refractivity contribution in [2.75, 3.05) is 0 Å². The molecule has 1 unspecified atom stereocenters. The zero-order valence-corrected chi connectivity index (χ0v) is 10.6. The number of rotatable bonds is 4. The van der Waals surface area contributed by atoms with E-state index in [0.717, 1.165) is 10.5 Å². The molecule has 0 saturated heterocycles. The molecule has 0 aliphatic rings. The first kappa shape index (κ1) is 12.9. The Morgan fingerprint density at radius 3 is 2.69 bits per heavy atom. The Morgan fingerprint density at radius 1 is 1.44 bits per heavy atom. The fraction of sp³-hybridized carbons (Fsp3) is 0.500. The van der Waals surface area contributed by atoms with Crippen LogP contribution in [0.5, 0.6) is 0 Å². The summed E-state index contributed by atoms with van der Waals surface area (Å²) in [6.07, 6.45) is 3.83. The van der Waals surface area contributed by atoms with E-state index in [1.807, 2.05) is 26.8 Å². The second-order valence-electron chi connectivity index (χ2n) is 4.06. The fourth-order valence-corrected chi connectivity index (χ4v) is 2.30. The highest BCUT2D eigenvalue weighted by molar-refractivity contribution is 7.85. The van der Waals surface area contributed by atoms with Crippen LogP contribution in [0.2, 0.25) is 0 Å². The van der Waals surface area contributed by atoms with Crippen LogP contribution in [-0.2, 0) is 10.8 Å². The predicted molar refractivity (Wildman–Crippen MR) is 64.4 cm³/mol. The SMILES string of the molecule is CC(C)S(=O)c1cncc([C@@H](C)CC#N)c1. The molecule has 1 heterocycles. The highest BCUT2D eigenvalue weighted by Gasteiger charge is 2.12. The molecule has 0 radical (unpaired) electrons. The molecule has 0 amide bonds. The third kappa shape index (κ3) is 3.14. The molecule has 0 saturated carbocycles. The van der Waals surface area contributed by atoms with Gasteiger partial charge in [0.1, 0.15) is 0 Å². The molecule has 0 bridgehead atoms. The molecule has 1 aromatic rings. The van der Waals surface area contributed by atoms with Crippen LogP contribution in [0.3, 0.4) is 0 Å². The van der Waals surface area contributed by atoms with Crippen molar-refractivity contribution in [2.24, 2.45) is 0 Å². The van der Waals surface area contributed by atoms with E-state index in [2.05, 4.69) is 11.1 Å². The topological polar surface area (TPSA) is 53.8 Å². The number of pyridine rings is 1. The van der Waals surface area contributed by atoms with Crippen LogP contribution in [0.1, 0.15) is 38.7 Å². The number of aromatic nitrogens is 1. The van der Waals surface area contributed by atoms with Crippen LogP contribution < -0.4 is 0 Å². The molecule has 86 valence electrons. The van der Waals surface area contributed by atoms with Gasteiger partial charge in [0.15, 0.2) is 0 Å². The van der Waals surface area contributed by atoms with Crippen molar-refractivity contribution in [3.05, 3.63) is 24.0 Å². The standard InChI is InChI=1S/C12H16N2OS/c1-9(2)16(15)12-6-11(7-14-8-12)10(3)4-5-13/h6-10H,4H2,1-3H3/t10-,16?/m0/s1. The smallest absolute Gasteiger partial charge is 0.0628 e. The van der Waals surface area contributed by atoms with Gasteiger partial charge in [0, 0.05) is 24.1 Å². The summed E-state index contributed by atoms with van der Waals surface area (Å²) in [7, 11) is -1.01. The fourth-order valence-electron chi connectivity index (χ4n) is 1.34. The minimum absolute atomic E-state index is 0.0864. The molecule has 4 heteroatoms. The van der Waals surface area contributed by atoms with Crippen molar-refractivity contribution in [3.8, 4) is 6.07 Å². The second-order valence-corrected chi connectivity index (χ2v) is 6.07. The van der Waals surface area contributed by atoms with E-state index in [1.54, 1.807) is 12.4 Å². The van der Waals surface area contributed by atoms with Crippen molar-refractivity contribution in [2.45, 2.75) is 43.3 Å². The molecule has 0 aromatic carbocycles. The monoisotopic (exact) mass is 236 g/mol. The highest BCUT2D eigenvalue weighted by Crippen LogP contribution is 2.20. The molecule has 1 aromatic heterocycles. The Labute approximate surface area is 99.0 Å². The molecule has 1 rings (SSSR count). The summed E-state index contributed by atoms with van der Waals surface area (Å²) < 4.78 is 11.9. The number of nitriles is 1. The first-order valence-electron chi connectivity index (χ1n) is 5.28. The molecular formula is C12H16N2OS. The van der Waals surface area contributed by atoms with Gasteiger partial charge in [-0.3, -0.25) is 9.19 Å². The third-order valence-electron chi connectivity index (χ3n) is 2.36. The normalized spacial score (nSPS) is 14.4. The van der Waals surface area contributed by atoms with E-state index in [9.17, 15) is 4.21 Å². The van der Waals surface area contributed by atoms with Gasteiger partial charge in [-0.15, -0.1) is 0 Å². The summed E-state index contributed by atoms with van der Waals surface area (Å²) in [5.74, 6) is 0.140. The van der Waals surface area contributed by atoms with Crippen molar-refractivity contribution in [3.63, 3.8) is 0 Å². The van der Waals surface area contributed by atoms with Crippen LogP contribution in [0.25, 0.3) is 0 Å². The van der Waals surface area contributed by atoms with Crippen LogP contribution in [0, 0.1) is 11.3 Å². The van der Waals surface area contributed by atoms with Crippen molar-refractivity contribution in [1.82, 2.24) is 4.98 Å². The van der Waals surface area contributed by atoms with Crippen LogP contribution in [0.4, 0.5) is 0 Å². The quantitative estimate of drug-likeness (QED) is 0.807. The van der Waals surface area contributed by atoms with Crippen molar-refractivity contribution in [1.29, 1.82) is 5.26 Å². The van der Waals surface area contributed by atoms with Gasteiger partial charge in [0.25, 0.3) is 0 Å². The van der Waals surface area contributed by atoms with Crippen LogP contribution in [0.15, 0.2) is 23.4 Å². The Morgan fingerprint density at radius 2 is 2.12 bits per heavy atom. The van der Waals surface area contributed by atoms with Gasteiger partial charge < -0.3 is 0 Å². The van der Waals surface area contributed by atoms with E-state index in [1.165, 1.54) is 0 Å². The van der Waals surface area contributed by atoms with Crippen LogP contribution in [-0.4, -0.2) is 14.4 Å². The largest absolute Gasteiger partial charge is 0.263 e. The number of hydrogen-bond donors (Lipinski definition) is 0. The Hall–Kier alpha value is -1.21. The Bertz CT molecular complexity index is 423. The lowest BCUT2D eigenvalue weighted by Gasteiger charge is -2.10. The summed E-state index contributed by atoms with van der Waals surface area (Å²) in [5, 5.41) is 8.72. The molecule has 16 heavy (non-hydrogen) atoms. The van der Waals surface area contributed by atoms with Gasteiger partial charge in [0.05, 0.1) is 21.8 Å². The van der Waals surface area contributed by atoms with E-state index >= 15 is 0 Å². The lowest BCUT2D eigenvalue weighted by Crippen LogP contribution is -2.07. The molecule has 0 fully saturated rings. The van der Waals surface area contributed by atoms with E-state index in [-0.39, 0.29) is 11.2 Å². The maximum absolute atomic E-state index is 11.9. The van der Waals surface area contributed by atoms with E-state index in [0.29, 0.717) is 6.42 Å². The molecule has 0 aliphatic carbocycles. The zero-order valence-electron chi connectivity index (χ0n) is 9.80.